The molecule has 0 unspecified atom stereocenters. The maximum absolute atomic E-state index is 12.0. The molecule has 1 N–H and O–H groups in total. The fourth-order valence-corrected chi connectivity index (χ4v) is 3.84. The minimum absolute atomic E-state index is 0.194. The van der Waals surface area contributed by atoms with Gasteiger partial charge in [0.1, 0.15) is 11.6 Å². The molecule has 2 aliphatic rings. The SMILES string of the molecule is CNCC(=O)N1CCC(c2nnc(CN3CCCCC3)n2C)CC1. The largest absolute Gasteiger partial charge is 0.342 e. The van der Waals surface area contributed by atoms with Crippen LogP contribution in [-0.4, -0.2) is 70.2 Å². The molecule has 0 atom stereocenters. The number of likely N-dealkylation sites (tertiary alicyclic amines) is 2. The van der Waals surface area contributed by atoms with Crippen LogP contribution in [0.4, 0.5) is 0 Å². The Morgan fingerprint density at radius 3 is 2.50 bits per heavy atom. The minimum atomic E-state index is 0.194. The smallest absolute Gasteiger partial charge is 0.236 e. The molecule has 0 aromatic carbocycles. The molecule has 24 heavy (non-hydrogen) atoms. The Morgan fingerprint density at radius 2 is 1.83 bits per heavy atom. The molecule has 0 spiro atoms. The van der Waals surface area contributed by atoms with Gasteiger partial charge in [-0.05, 0) is 45.8 Å². The second-order valence-corrected chi connectivity index (χ2v) is 7.06. The summed E-state index contributed by atoms with van der Waals surface area (Å²) in [5.41, 5.74) is 0. The summed E-state index contributed by atoms with van der Waals surface area (Å²) in [7, 11) is 3.90. The van der Waals surface area contributed by atoms with E-state index in [0.717, 1.165) is 44.1 Å². The molecule has 0 radical (unpaired) electrons. The standard InChI is InChI=1S/C17H30N6O/c1-18-12-16(24)23-10-6-14(7-11-23)17-20-19-15(21(17)2)13-22-8-4-3-5-9-22/h14,18H,3-13H2,1-2H3. The number of nitrogens with zero attached hydrogens (tertiary/aromatic N) is 5. The van der Waals surface area contributed by atoms with Gasteiger partial charge in [0, 0.05) is 26.1 Å². The predicted octanol–water partition coefficient (Wildman–Crippen LogP) is 0.726. The van der Waals surface area contributed by atoms with Crippen molar-refractivity contribution in [3.8, 4) is 0 Å². The van der Waals surface area contributed by atoms with Crippen molar-refractivity contribution in [1.29, 1.82) is 0 Å². The van der Waals surface area contributed by atoms with Crippen LogP contribution >= 0.6 is 0 Å². The predicted molar refractivity (Wildman–Crippen MR) is 92.6 cm³/mol. The van der Waals surface area contributed by atoms with Crippen molar-refractivity contribution >= 4 is 5.91 Å². The van der Waals surface area contributed by atoms with E-state index in [-0.39, 0.29) is 5.91 Å². The molecule has 1 aromatic rings. The number of nitrogens with one attached hydrogen (secondary N) is 1. The van der Waals surface area contributed by atoms with Gasteiger partial charge in [0.25, 0.3) is 0 Å². The number of piperidine rings is 2. The summed E-state index contributed by atoms with van der Waals surface area (Å²) in [5.74, 6) is 2.76. The fraction of sp³-hybridized carbons (Fsp3) is 0.824. The summed E-state index contributed by atoms with van der Waals surface area (Å²) in [6.07, 6.45) is 5.90. The first-order valence-electron chi connectivity index (χ1n) is 9.22. The highest BCUT2D eigenvalue weighted by Crippen LogP contribution is 2.27. The Kier molecular flexibility index (Phi) is 5.84. The Morgan fingerprint density at radius 1 is 1.12 bits per heavy atom. The van der Waals surface area contributed by atoms with Gasteiger partial charge in [-0.2, -0.15) is 0 Å². The van der Waals surface area contributed by atoms with Gasteiger partial charge in [-0.15, -0.1) is 10.2 Å². The van der Waals surface area contributed by atoms with Gasteiger partial charge < -0.3 is 14.8 Å². The van der Waals surface area contributed by atoms with Crippen LogP contribution < -0.4 is 5.32 Å². The molecule has 0 saturated carbocycles. The summed E-state index contributed by atoms with van der Waals surface area (Å²) in [4.78, 5) is 16.4. The van der Waals surface area contributed by atoms with Crippen molar-refractivity contribution in [2.24, 2.45) is 7.05 Å². The molecule has 0 bridgehead atoms. The van der Waals surface area contributed by atoms with E-state index in [1.54, 1.807) is 0 Å². The molecule has 3 rings (SSSR count). The highest BCUT2D eigenvalue weighted by Gasteiger charge is 2.27. The maximum atomic E-state index is 12.0. The summed E-state index contributed by atoms with van der Waals surface area (Å²) >= 11 is 0. The van der Waals surface area contributed by atoms with Crippen molar-refractivity contribution in [1.82, 2.24) is 29.9 Å². The summed E-state index contributed by atoms with van der Waals surface area (Å²) in [5, 5.41) is 11.9. The Balaban J connectivity index is 1.57. The number of carbonyl (C=O) groups excluding carboxylic acids is 1. The van der Waals surface area contributed by atoms with Crippen molar-refractivity contribution in [2.75, 3.05) is 39.8 Å². The monoisotopic (exact) mass is 334 g/mol. The summed E-state index contributed by atoms with van der Waals surface area (Å²) in [6.45, 7) is 5.32. The number of hydrogen-bond acceptors (Lipinski definition) is 5. The molecular weight excluding hydrogens is 304 g/mol. The van der Waals surface area contributed by atoms with E-state index in [1.807, 2.05) is 11.9 Å². The Bertz CT molecular complexity index is 543. The quantitative estimate of drug-likeness (QED) is 0.860. The van der Waals surface area contributed by atoms with E-state index in [2.05, 4.69) is 32.0 Å². The number of amides is 1. The normalized spacial score (nSPS) is 20.5. The molecule has 2 fully saturated rings. The molecule has 2 saturated heterocycles. The van der Waals surface area contributed by atoms with Crippen LogP contribution in [0.2, 0.25) is 0 Å². The highest BCUT2D eigenvalue weighted by atomic mass is 16.2. The van der Waals surface area contributed by atoms with Crippen molar-refractivity contribution in [3.05, 3.63) is 11.6 Å². The second kappa shape index (κ2) is 8.07. The molecule has 3 heterocycles. The topological polar surface area (TPSA) is 66.3 Å². The zero-order valence-corrected chi connectivity index (χ0v) is 15.0. The highest BCUT2D eigenvalue weighted by molar-refractivity contribution is 5.78. The molecule has 134 valence electrons. The number of carbonyl (C=O) groups is 1. The van der Waals surface area contributed by atoms with E-state index in [1.165, 1.54) is 32.4 Å². The van der Waals surface area contributed by atoms with Gasteiger partial charge in [0.05, 0.1) is 13.1 Å². The number of likely N-dealkylation sites (N-methyl/N-ethyl adjacent to an activating group) is 1. The fourth-order valence-electron chi connectivity index (χ4n) is 3.84. The van der Waals surface area contributed by atoms with Crippen LogP contribution in [-0.2, 0) is 18.4 Å². The molecule has 0 aliphatic carbocycles. The minimum Gasteiger partial charge on any atom is -0.342 e. The lowest BCUT2D eigenvalue weighted by Crippen LogP contribution is -2.42. The van der Waals surface area contributed by atoms with Gasteiger partial charge in [0.2, 0.25) is 5.91 Å². The van der Waals surface area contributed by atoms with Crippen molar-refractivity contribution in [3.63, 3.8) is 0 Å². The first kappa shape index (κ1) is 17.4. The summed E-state index contributed by atoms with van der Waals surface area (Å²) < 4.78 is 2.18. The molecule has 2 aliphatic heterocycles. The van der Waals surface area contributed by atoms with Gasteiger partial charge >= 0.3 is 0 Å². The lowest BCUT2D eigenvalue weighted by Gasteiger charge is -2.31. The molecule has 7 heteroatoms. The van der Waals surface area contributed by atoms with E-state index in [4.69, 9.17) is 0 Å². The molecule has 1 aromatic heterocycles. The third-order valence-corrected chi connectivity index (χ3v) is 5.35. The third kappa shape index (κ3) is 3.95. The lowest BCUT2D eigenvalue weighted by atomic mass is 9.96. The molecule has 7 nitrogen and oxygen atoms in total. The number of hydrogen-bond donors (Lipinski definition) is 1. The Labute approximate surface area is 144 Å². The maximum Gasteiger partial charge on any atom is 0.236 e. The van der Waals surface area contributed by atoms with Gasteiger partial charge in [-0.3, -0.25) is 9.69 Å². The van der Waals surface area contributed by atoms with Crippen molar-refractivity contribution < 1.29 is 4.79 Å². The number of aromatic nitrogens is 3. The van der Waals surface area contributed by atoms with Crippen molar-refractivity contribution in [2.45, 2.75) is 44.6 Å². The summed E-state index contributed by atoms with van der Waals surface area (Å²) in [6, 6.07) is 0. The third-order valence-electron chi connectivity index (χ3n) is 5.35. The van der Waals surface area contributed by atoms with E-state index >= 15 is 0 Å². The van der Waals surface area contributed by atoms with Crippen LogP contribution in [0.25, 0.3) is 0 Å². The van der Waals surface area contributed by atoms with Crippen LogP contribution in [0.3, 0.4) is 0 Å². The first-order chi connectivity index (χ1) is 11.7. The Hall–Kier alpha value is -1.47. The number of rotatable bonds is 5. The lowest BCUT2D eigenvalue weighted by molar-refractivity contribution is -0.131. The van der Waals surface area contributed by atoms with E-state index in [0.29, 0.717) is 12.5 Å². The van der Waals surface area contributed by atoms with Crippen LogP contribution in [0.15, 0.2) is 0 Å². The second-order valence-electron chi connectivity index (χ2n) is 7.06. The zero-order chi connectivity index (χ0) is 16.9. The molecule has 1 amide bonds. The zero-order valence-electron chi connectivity index (χ0n) is 15.0. The van der Waals surface area contributed by atoms with Gasteiger partial charge in [-0.25, -0.2) is 0 Å². The average molecular weight is 334 g/mol. The van der Waals surface area contributed by atoms with Gasteiger partial charge in [-0.1, -0.05) is 6.42 Å². The van der Waals surface area contributed by atoms with E-state index < -0.39 is 0 Å². The van der Waals surface area contributed by atoms with Crippen LogP contribution in [0, 0.1) is 0 Å². The van der Waals surface area contributed by atoms with Crippen LogP contribution in [0.1, 0.15) is 49.7 Å². The van der Waals surface area contributed by atoms with Crippen LogP contribution in [0.5, 0.6) is 0 Å². The first-order valence-corrected chi connectivity index (χ1v) is 9.22. The van der Waals surface area contributed by atoms with E-state index in [9.17, 15) is 4.79 Å². The van der Waals surface area contributed by atoms with Gasteiger partial charge in [0.15, 0.2) is 0 Å². The molecular formula is C17H30N6O. The average Bonchev–Trinajstić information content (AvgIpc) is 2.97.